The second-order valence-electron chi connectivity index (χ2n) is 3.94. The van der Waals surface area contributed by atoms with Crippen LogP contribution in [0.4, 0.5) is 13.2 Å². The Balaban J connectivity index is 2.51. The molecule has 0 unspecified atom stereocenters. The van der Waals surface area contributed by atoms with Gasteiger partial charge in [0.1, 0.15) is 5.82 Å². The Labute approximate surface area is 103 Å². The minimum Gasteiger partial charge on any atom is -0.316 e. The molecule has 2 rings (SSSR count). The normalized spacial score (nSPS) is 10.7. The van der Waals surface area contributed by atoms with Crippen molar-refractivity contribution in [3.63, 3.8) is 0 Å². The van der Waals surface area contributed by atoms with E-state index in [9.17, 15) is 13.2 Å². The van der Waals surface area contributed by atoms with Gasteiger partial charge in [-0.3, -0.25) is 0 Å². The fourth-order valence-electron chi connectivity index (χ4n) is 1.79. The van der Waals surface area contributed by atoms with Crippen LogP contribution in [0, 0.1) is 17.5 Å². The topological polar surface area (TPSA) is 12.0 Å². The van der Waals surface area contributed by atoms with Gasteiger partial charge in [0.15, 0.2) is 11.6 Å². The van der Waals surface area contributed by atoms with E-state index < -0.39 is 11.6 Å². The zero-order valence-corrected chi connectivity index (χ0v) is 9.81. The molecular formula is C14H12F3N. The van der Waals surface area contributed by atoms with E-state index in [1.54, 1.807) is 7.05 Å². The first-order chi connectivity index (χ1) is 8.63. The summed E-state index contributed by atoms with van der Waals surface area (Å²) in [6, 6.07) is 8.16. The van der Waals surface area contributed by atoms with E-state index in [0.717, 1.165) is 6.07 Å². The molecule has 0 amide bonds. The number of hydrogen-bond donors (Lipinski definition) is 1. The third-order valence-electron chi connectivity index (χ3n) is 2.68. The minimum atomic E-state index is -0.917. The summed E-state index contributed by atoms with van der Waals surface area (Å²) in [6.45, 7) is 0.330. The summed E-state index contributed by atoms with van der Waals surface area (Å²) in [5, 5.41) is 2.82. The number of halogens is 3. The second kappa shape index (κ2) is 5.23. The summed E-state index contributed by atoms with van der Waals surface area (Å²) in [5.74, 6) is -2.20. The Morgan fingerprint density at radius 3 is 2.50 bits per heavy atom. The maximum atomic E-state index is 13.6. The number of benzene rings is 2. The van der Waals surface area contributed by atoms with Crippen LogP contribution in [0.25, 0.3) is 11.1 Å². The standard InChI is InChI=1S/C14H12F3N/c1-18-8-10-7-9(5-6-12(10)15)11-3-2-4-13(16)14(11)17/h2-7,18H,8H2,1H3. The highest BCUT2D eigenvalue weighted by Crippen LogP contribution is 2.26. The van der Waals surface area contributed by atoms with Crippen LogP contribution in [-0.2, 0) is 6.54 Å². The van der Waals surface area contributed by atoms with Gasteiger partial charge in [-0.05, 0) is 30.8 Å². The van der Waals surface area contributed by atoms with Crippen molar-refractivity contribution in [1.29, 1.82) is 0 Å². The van der Waals surface area contributed by atoms with Crippen molar-refractivity contribution in [3.05, 3.63) is 59.4 Å². The zero-order valence-electron chi connectivity index (χ0n) is 9.81. The van der Waals surface area contributed by atoms with Gasteiger partial charge >= 0.3 is 0 Å². The molecule has 0 aliphatic carbocycles. The molecule has 2 aromatic carbocycles. The van der Waals surface area contributed by atoms with Crippen LogP contribution in [-0.4, -0.2) is 7.05 Å². The lowest BCUT2D eigenvalue weighted by Crippen LogP contribution is -2.07. The molecule has 0 saturated heterocycles. The first-order valence-corrected chi connectivity index (χ1v) is 5.51. The van der Waals surface area contributed by atoms with Gasteiger partial charge in [0.2, 0.25) is 0 Å². The van der Waals surface area contributed by atoms with Crippen LogP contribution in [0.2, 0.25) is 0 Å². The van der Waals surface area contributed by atoms with Crippen molar-refractivity contribution < 1.29 is 13.2 Å². The molecule has 0 aliphatic heterocycles. The fourth-order valence-corrected chi connectivity index (χ4v) is 1.79. The highest BCUT2D eigenvalue weighted by atomic mass is 19.2. The summed E-state index contributed by atoms with van der Waals surface area (Å²) in [6.07, 6.45) is 0. The predicted octanol–water partition coefficient (Wildman–Crippen LogP) is 3.49. The molecule has 0 aliphatic rings. The average molecular weight is 251 g/mol. The van der Waals surface area contributed by atoms with Gasteiger partial charge in [-0.15, -0.1) is 0 Å². The summed E-state index contributed by atoms with van der Waals surface area (Å²) < 4.78 is 40.2. The van der Waals surface area contributed by atoms with Gasteiger partial charge in [0, 0.05) is 17.7 Å². The van der Waals surface area contributed by atoms with E-state index in [1.165, 1.54) is 30.3 Å². The fraction of sp³-hybridized carbons (Fsp3) is 0.143. The molecule has 0 fully saturated rings. The minimum absolute atomic E-state index is 0.132. The second-order valence-corrected chi connectivity index (χ2v) is 3.94. The molecule has 0 spiro atoms. The Hall–Kier alpha value is -1.81. The van der Waals surface area contributed by atoms with E-state index in [0.29, 0.717) is 17.7 Å². The van der Waals surface area contributed by atoms with Crippen LogP contribution in [0.15, 0.2) is 36.4 Å². The monoisotopic (exact) mass is 251 g/mol. The maximum absolute atomic E-state index is 13.6. The van der Waals surface area contributed by atoms with Gasteiger partial charge in [-0.25, -0.2) is 13.2 Å². The molecular weight excluding hydrogens is 239 g/mol. The Morgan fingerprint density at radius 2 is 1.78 bits per heavy atom. The van der Waals surface area contributed by atoms with Crippen LogP contribution in [0.3, 0.4) is 0 Å². The van der Waals surface area contributed by atoms with Gasteiger partial charge in [-0.2, -0.15) is 0 Å². The molecule has 0 heterocycles. The first-order valence-electron chi connectivity index (χ1n) is 5.51. The Bertz CT molecular complexity index is 567. The third kappa shape index (κ3) is 2.38. The van der Waals surface area contributed by atoms with E-state index in [2.05, 4.69) is 5.32 Å². The van der Waals surface area contributed by atoms with Crippen molar-refractivity contribution in [2.24, 2.45) is 0 Å². The highest BCUT2D eigenvalue weighted by Gasteiger charge is 2.11. The van der Waals surface area contributed by atoms with Crippen molar-refractivity contribution >= 4 is 0 Å². The molecule has 4 heteroatoms. The smallest absolute Gasteiger partial charge is 0.166 e. The molecule has 0 saturated carbocycles. The molecule has 1 nitrogen and oxygen atoms in total. The van der Waals surface area contributed by atoms with Gasteiger partial charge in [-0.1, -0.05) is 18.2 Å². The maximum Gasteiger partial charge on any atom is 0.166 e. The zero-order chi connectivity index (χ0) is 13.1. The third-order valence-corrected chi connectivity index (χ3v) is 2.68. The van der Waals surface area contributed by atoms with Gasteiger partial charge in [0.25, 0.3) is 0 Å². The van der Waals surface area contributed by atoms with Gasteiger partial charge < -0.3 is 5.32 Å². The van der Waals surface area contributed by atoms with E-state index >= 15 is 0 Å². The number of nitrogens with one attached hydrogen (secondary N) is 1. The molecule has 18 heavy (non-hydrogen) atoms. The van der Waals surface area contributed by atoms with Crippen molar-refractivity contribution in [1.82, 2.24) is 5.32 Å². The first kappa shape index (κ1) is 12.6. The molecule has 94 valence electrons. The predicted molar refractivity (Wildman–Crippen MR) is 64.5 cm³/mol. The van der Waals surface area contributed by atoms with E-state index in [4.69, 9.17) is 0 Å². The molecule has 0 radical (unpaired) electrons. The number of hydrogen-bond acceptors (Lipinski definition) is 1. The van der Waals surface area contributed by atoms with Crippen LogP contribution in [0.1, 0.15) is 5.56 Å². The molecule has 1 N–H and O–H groups in total. The molecule has 0 atom stereocenters. The summed E-state index contributed by atoms with van der Waals surface area (Å²) >= 11 is 0. The lowest BCUT2D eigenvalue weighted by atomic mass is 10.0. The molecule has 0 aromatic heterocycles. The Morgan fingerprint density at radius 1 is 1.00 bits per heavy atom. The largest absolute Gasteiger partial charge is 0.316 e. The van der Waals surface area contributed by atoms with Crippen LogP contribution >= 0.6 is 0 Å². The molecule has 2 aromatic rings. The van der Waals surface area contributed by atoms with Crippen molar-refractivity contribution in [2.45, 2.75) is 6.54 Å². The summed E-state index contributed by atoms with van der Waals surface area (Å²) in [7, 11) is 1.69. The van der Waals surface area contributed by atoms with Gasteiger partial charge in [0.05, 0.1) is 0 Å². The van der Waals surface area contributed by atoms with E-state index in [1.807, 2.05) is 0 Å². The average Bonchev–Trinajstić information content (AvgIpc) is 2.36. The lowest BCUT2D eigenvalue weighted by Gasteiger charge is -2.08. The van der Waals surface area contributed by atoms with Crippen LogP contribution in [0.5, 0.6) is 0 Å². The highest BCUT2D eigenvalue weighted by molar-refractivity contribution is 5.65. The summed E-state index contributed by atoms with van der Waals surface area (Å²) in [5.41, 5.74) is 1.00. The van der Waals surface area contributed by atoms with Crippen molar-refractivity contribution in [2.75, 3.05) is 7.05 Å². The molecule has 0 bridgehead atoms. The van der Waals surface area contributed by atoms with Crippen molar-refractivity contribution in [3.8, 4) is 11.1 Å². The van der Waals surface area contributed by atoms with E-state index in [-0.39, 0.29) is 11.4 Å². The SMILES string of the molecule is CNCc1cc(-c2cccc(F)c2F)ccc1F. The quantitative estimate of drug-likeness (QED) is 0.880. The Kier molecular flexibility index (Phi) is 3.67. The summed E-state index contributed by atoms with van der Waals surface area (Å²) in [4.78, 5) is 0. The number of rotatable bonds is 3. The van der Waals surface area contributed by atoms with Crippen LogP contribution < -0.4 is 5.32 Å². The lowest BCUT2D eigenvalue weighted by molar-refractivity contribution is 0.511.